The Labute approximate surface area is 168 Å². The zero-order valence-corrected chi connectivity index (χ0v) is 15.9. The predicted molar refractivity (Wildman–Crippen MR) is 95.6 cm³/mol. The van der Waals surface area contributed by atoms with E-state index in [1.807, 2.05) is 0 Å². The molecule has 0 bridgehead atoms. The lowest BCUT2D eigenvalue weighted by Gasteiger charge is -2.26. The van der Waals surface area contributed by atoms with Crippen LogP contribution in [0.2, 0.25) is 5.02 Å². The van der Waals surface area contributed by atoms with Crippen molar-refractivity contribution >= 4 is 23.5 Å². The van der Waals surface area contributed by atoms with Crippen molar-refractivity contribution in [2.24, 2.45) is 17.8 Å². The van der Waals surface area contributed by atoms with Crippen molar-refractivity contribution in [2.45, 2.75) is 18.3 Å². The number of hydrogen-bond acceptors (Lipinski definition) is 3. The average Bonchev–Trinajstić information content (AvgIpc) is 2.95. The number of fused-ring (bicyclic) bond motifs is 1. The van der Waals surface area contributed by atoms with Crippen molar-refractivity contribution in [2.75, 3.05) is 26.2 Å². The largest absolute Gasteiger partial charge is 0.401 e. The Morgan fingerprint density at radius 3 is 2.55 bits per heavy atom. The Morgan fingerprint density at radius 1 is 1.31 bits per heavy atom. The number of likely N-dealkylation sites (tertiary alicyclic amines) is 1. The molecule has 29 heavy (non-hydrogen) atoms. The molecule has 2 unspecified atom stereocenters. The topological polar surface area (TPSA) is 73.5 Å². The van der Waals surface area contributed by atoms with E-state index in [-0.39, 0.29) is 42.4 Å². The molecule has 2 heterocycles. The van der Waals surface area contributed by atoms with Gasteiger partial charge in [-0.3, -0.25) is 9.69 Å². The highest BCUT2D eigenvalue weighted by Crippen LogP contribution is 2.57. The molecule has 0 radical (unpaired) electrons. The molecule has 2 saturated heterocycles. The predicted octanol–water partition coefficient (Wildman–Crippen LogP) is 2.06. The van der Waals surface area contributed by atoms with Crippen molar-refractivity contribution in [3.05, 3.63) is 34.6 Å². The van der Waals surface area contributed by atoms with Gasteiger partial charge in [-0.05, 0) is 35.4 Å². The van der Waals surface area contributed by atoms with Gasteiger partial charge >= 0.3 is 12.2 Å². The van der Waals surface area contributed by atoms with Gasteiger partial charge < -0.3 is 16.0 Å². The Hall–Kier alpha value is -2.07. The number of urea groups is 1. The molecule has 3 N–H and O–H groups in total. The summed E-state index contributed by atoms with van der Waals surface area (Å²) in [7, 11) is 0. The van der Waals surface area contributed by atoms with Gasteiger partial charge in [0.05, 0.1) is 17.6 Å². The van der Waals surface area contributed by atoms with Gasteiger partial charge in [-0.2, -0.15) is 13.2 Å². The SMILES string of the molecule is O=C1NC[C@@H](C(=O)N[C@@H](c2ccc(F)c(Cl)c2)C2C3CN(CC(F)(F)F)CC32)N1. The van der Waals surface area contributed by atoms with Crippen LogP contribution in [0.15, 0.2) is 18.2 Å². The van der Waals surface area contributed by atoms with Crippen LogP contribution < -0.4 is 16.0 Å². The molecule has 1 aromatic carbocycles. The zero-order valence-electron chi connectivity index (χ0n) is 15.1. The summed E-state index contributed by atoms with van der Waals surface area (Å²) in [5, 5.41) is 7.78. The third kappa shape index (κ3) is 4.28. The van der Waals surface area contributed by atoms with Crippen molar-refractivity contribution in [3.8, 4) is 0 Å². The minimum atomic E-state index is -4.25. The molecule has 11 heteroatoms. The van der Waals surface area contributed by atoms with Crippen molar-refractivity contribution in [1.82, 2.24) is 20.9 Å². The van der Waals surface area contributed by atoms with Crippen LogP contribution in [0.4, 0.5) is 22.4 Å². The number of nitrogens with one attached hydrogen (secondary N) is 3. The van der Waals surface area contributed by atoms with E-state index in [1.165, 1.54) is 23.1 Å². The number of hydrogen-bond donors (Lipinski definition) is 3. The van der Waals surface area contributed by atoms with Crippen LogP contribution in [-0.4, -0.2) is 55.2 Å². The van der Waals surface area contributed by atoms with Crippen LogP contribution in [-0.2, 0) is 4.79 Å². The van der Waals surface area contributed by atoms with E-state index < -0.39 is 42.6 Å². The number of amides is 3. The normalized spacial score (nSPS) is 29.8. The second kappa shape index (κ2) is 7.32. The molecule has 4 rings (SSSR count). The van der Waals surface area contributed by atoms with Gasteiger partial charge in [0, 0.05) is 19.6 Å². The van der Waals surface area contributed by atoms with Gasteiger partial charge in [0.15, 0.2) is 0 Å². The Bertz CT molecular complexity index is 825. The van der Waals surface area contributed by atoms with Gasteiger partial charge in [0.25, 0.3) is 0 Å². The summed E-state index contributed by atoms with van der Waals surface area (Å²) in [6, 6.07) is 2.41. The maximum atomic E-state index is 13.6. The molecule has 0 spiro atoms. The summed E-state index contributed by atoms with van der Waals surface area (Å²) in [5.74, 6) is -1.08. The van der Waals surface area contributed by atoms with E-state index in [4.69, 9.17) is 11.6 Å². The van der Waals surface area contributed by atoms with E-state index in [2.05, 4.69) is 16.0 Å². The van der Waals surface area contributed by atoms with Gasteiger partial charge in [-0.1, -0.05) is 17.7 Å². The third-order valence-electron chi connectivity index (χ3n) is 5.81. The number of piperidine rings is 1. The quantitative estimate of drug-likeness (QED) is 0.621. The number of rotatable bonds is 5. The first-order valence-corrected chi connectivity index (χ1v) is 9.59. The van der Waals surface area contributed by atoms with Gasteiger partial charge in [-0.15, -0.1) is 0 Å². The molecule has 3 fully saturated rings. The molecule has 158 valence electrons. The monoisotopic (exact) mass is 434 g/mol. The Kier molecular flexibility index (Phi) is 5.10. The van der Waals surface area contributed by atoms with Crippen LogP contribution in [0, 0.1) is 23.6 Å². The third-order valence-corrected chi connectivity index (χ3v) is 6.10. The van der Waals surface area contributed by atoms with Crippen LogP contribution >= 0.6 is 11.6 Å². The molecule has 4 atom stereocenters. The summed E-state index contributed by atoms with van der Waals surface area (Å²) in [5.41, 5.74) is 0.587. The molecule has 3 amide bonds. The summed E-state index contributed by atoms with van der Waals surface area (Å²) in [6.45, 7) is -0.236. The highest BCUT2D eigenvalue weighted by atomic mass is 35.5. The fourth-order valence-corrected chi connectivity index (χ4v) is 4.70. The standard InChI is InChI=1S/C18H19ClF4N4O2/c19-11-3-8(1-2-12(11)20)15(26-16(28)13-4-24-17(29)25-13)14-9-5-27(6-10(9)14)7-18(21,22)23/h1-3,9-10,13-15H,4-7H2,(H,26,28)(H2,24,25,29)/t9?,10?,13-,14?,15-/m0/s1. The molecule has 3 aliphatic rings. The second-order valence-electron chi connectivity index (χ2n) is 7.78. The molecule has 1 aliphatic carbocycles. The lowest BCUT2D eigenvalue weighted by atomic mass is 9.98. The number of carbonyl (C=O) groups is 2. The average molecular weight is 435 g/mol. The number of nitrogens with zero attached hydrogens (tertiary/aromatic N) is 1. The maximum Gasteiger partial charge on any atom is 0.401 e. The molecular formula is C18H19ClF4N4O2. The number of halogens is 5. The first-order chi connectivity index (χ1) is 13.6. The minimum Gasteiger partial charge on any atom is -0.347 e. The highest BCUT2D eigenvalue weighted by Gasteiger charge is 2.60. The van der Waals surface area contributed by atoms with Gasteiger partial charge in [0.1, 0.15) is 11.9 Å². The summed E-state index contributed by atoms with van der Waals surface area (Å²) in [4.78, 5) is 25.3. The summed E-state index contributed by atoms with van der Waals surface area (Å²) >= 11 is 5.89. The first-order valence-electron chi connectivity index (χ1n) is 9.21. The van der Waals surface area contributed by atoms with Gasteiger partial charge in [-0.25, -0.2) is 9.18 Å². The van der Waals surface area contributed by atoms with E-state index in [9.17, 15) is 27.2 Å². The number of carbonyl (C=O) groups excluding carboxylic acids is 2. The van der Waals surface area contributed by atoms with Gasteiger partial charge in [0.2, 0.25) is 5.91 Å². The summed E-state index contributed by atoms with van der Waals surface area (Å²) in [6.07, 6.45) is -4.25. The van der Waals surface area contributed by atoms with E-state index in [0.29, 0.717) is 5.56 Å². The smallest absolute Gasteiger partial charge is 0.347 e. The molecule has 1 saturated carbocycles. The lowest BCUT2D eigenvalue weighted by molar-refractivity contribution is -0.145. The zero-order chi connectivity index (χ0) is 20.9. The summed E-state index contributed by atoms with van der Waals surface area (Å²) < 4.78 is 51.5. The Morgan fingerprint density at radius 2 is 2.00 bits per heavy atom. The lowest BCUT2D eigenvalue weighted by Crippen LogP contribution is -2.45. The molecular weight excluding hydrogens is 416 g/mol. The molecule has 2 aliphatic heterocycles. The fourth-order valence-electron chi connectivity index (χ4n) is 4.51. The van der Waals surface area contributed by atoms with E-state index in [1.54, 1.807) is 0 Å². The number of benzene rings is 1. The number of alkyl halides is 3. The first kappa shape index (κ1) is 20.2. The van der Waals surface area contributed by atoms with Crippen molar-refractivity contribution in [1.29, 1.82) is 0 Å². The fraction of sp³-hybridized carbons (Fsp3) is 0.556. The Balaban J connectivity index is 1.49. The minimum absolute atomic E-state index is 0.00257. The van der Waals surface area contributed by atoms with Crippen LogP contribution in [0.25, 0.3) is 0 Å². The van der Waals surface area contributed by atoms with Crippen molar-refractivity contribution in [3.63, 3.8) is 0 Å². The molecule has 6 nitrogen and oxygen atoms in total. The van der Waals surface area contributed by atoms with Crippen LogP contribution in [0.5, 0.6) is 0 Å². The highest BCUT2D eigenvalue weighted by molar-refractivity contribution is 6.30. The van der Waals surface area contributed by atoms with Crippen LogP contribution in [0.3, 0.4) is 0 Å². The van der Waals surface area contributed by atoms with E-state index >= 15 is 0 Å². The molecule has 0 aromatic heterocycles. The second-order valence-corrected chi connectivity index (χ2v) is 8.19. The van der Waals surface area contributed by atoms with Crippen LogP contribution in [0.1, 0.15) is 11.6 Å². The molecule has 1 aromatic rings. The maximum absolute atomic E-state index is 13.6. The van der Waals surface area contributed by atoms with E-state index in [0.717, 1.165) is 0 Å². The van der Waals surface area contributed by atoms with Crippen molar-refractivity contribution < 1.29 is 27.2 Å².